The Hall–Kier alpha value is -2.03. The van der Waals surface area contributed by atoms with Crippen molar-refractivity contribution in [3.05, 3.63) is 20.8 Å². The molecule has 0 aliphatic rings. The minimum Gasteiger partial charge on any atom is -0.369 e. The zero-order valence-electron chi connectivity index (χ0n) is 10.5. The highest BCUT2D eigenvalue weighted by Gasteiger charge is 2.16. The van der Waals surface area contributed by atoms with Crippen molar-refractivity contribution in [1.29, 1.82) is 0 Å². The van der Waals surface area contributed by atoms with E-state index < -0.39 is 17.2 Å². The third-order valence-corrected chi connectivity index (χ3v) is 3.63. The largest absolute Gasteiger partial charge is 0.369 e. The Morgan fingerprint density at radius 2 is 2.16 bits per heavy atom. The number of aromatic nitrogens is 4. The van der Waals surface area contributed by atoms with Crippen LogP contribution in [0.5, 0.6) is 0 Å². The van der Waals surface area contributed by atoms with Crippen LogP contribution >= 0.6 is 11.8 Å². The van der Waals surface area contributed by atoms with Crippen molar-refractivity contribution in [3.63, 3.8) is 0 Å². The van der Waals surface area contributed by atoms with Crippen molar-refractivity contribution in [1.82, 2.24) is 19.1 Å². The van der Waals surface area contributed by atoms with Crippen LogP contribution in [0.15, 0.2) is 14.7 Å². The number of hydrogen-bond donors (Lipinski definition) is 2. The van der Waals surface area contributed by atoms with Crippen molar-refractivity contribution < 1.29 is 4.79 Å². The number of H-pyrrole nitrogens is 1. The number of amides is 1. The second kappa shape index (κ2) is 4.92. The lowest BCUT2D eigenvalue weighted by Crippen LogP contribution is -2.29. The molecule has 102 valence electrons. The van der Waals surface area contributed by atoms with Crippen LogP contribution in [0.3, 0.4) is 0 Å². The predicted octanol–water partition coefficient (Wildman–Crippen LogP) is -0.979. The first kappa shape index (κ1) is 13.4. The summed E-state index contributed by atoms with van der Waals surface area (Å²) in [6.45, 7) is 2.35. The number of rotatable bonds is 4. The number of imidazole rings is 1. The minimum atomic E-state index is -0.523. The lowest BCUT2D eigenvalue weighted by Gasteiger charge is -2.03. The Bertz CT molecular complexity index is 757. The highest BCUT2D eigenvalue weighted by molar-refractivity contribution is 7.99. The van der Waals surface area contributed by atoms with Gasteiger partial charge in [0.05, 0.1) is 5.75 Å². The van der Waals surface area contributed by atoms with E-state index in [1.165, 1.54) is 11.6 Å². The number of aryl methyl sites for hydroxylation is 2. The molecule has 0 unspecified atom stereocenters. The summed E-state index contributed by atoms with van der Waals surface area (Å²) in [5, 5.41) is 0.489. The molecule has 0 spiro atoms. The fourth-order valence-corrected chi connectivity index (χ4v) is 2.55. The second-order valence-electron chi connectivity index (χ2n) is 3.88. The van der Waals surface area contributed by atoms with Crippen LogP contribution in [0.2, 0.25) is 0 Å². The molecule has 0 bridgehead atoms. The van der Waals surface area contributed by atoms with E-state index in [-0.39, 0.29) is 5.75 Å². The number of thioether (sulfide) groups is 1. The summed E-state index contributed by atoms with van der Waals surface area (Å²) in [7, 11) is 1.52. The van der Waals surface area contributed by atoms with Crippen LogP contribution in [0, 0.1) is 0 Å². The molecule has 2 heterocycles. The fourth-order valence-electron chi connectivity index (χ4n) is 1.75. The zero-order valence-corrected chi connectivity index (χ0v) is 11.3. The molecular weight excluding hydrogens is 270 g/mol. The van der Waals surface area contributed by atoms with Gasteiger partial charge in [-0.25, -0.2) is 9.78 Å². The van der Waals surface area contributed by atoms with E-state index in [9.17, 15) is 14.4 Å². The van der Waals surface area contributed by atoms with Crippen molar-refractivity contribution in [3.8, 4) is 0 Å². The Kier molecular flexibility index (Phi) is 3.47. The third-order valence-electron chi connectivity index (χ3n) is 2.63. The number of nitrogens with one attached hydrogen (secondary N) is 1. The first-order chi connectivity index (χ1) is 8.95. The highest BCUT2D eigenvalue weighted by Crippen LogP contribution is 2.20. The molecule has 0 saturated carbocycles. The number of aromatic amines is 1. The Morgan fingerprint density at radius 3 is 2.74 bits per heavy atom. The number of carbonyl (C=O) groups is 1. The molecule has 0 atom stereocenters. The molecule has 2 aromatic rings. The molecule has 0 fully saturated rings. The van der Waals surface area contributed by atoms with Crippen LogP contribution in [-0.4, -0.2) is 30.8 Å². The van der Waals surface area contributed by atoms with Gasteiger partial charge in [0.1, 0.15) is 0 Å². The van der Waals surface area contributed by atoms with E-state index in [1.807, 2.05) is 6.92 Å². The zero-order chi connectivity index (χ0) is 14.2. The predicted molar refractivity (Wildman–Crippen MR) is 71.2 cm³/mol. The first-order valence-corrected chi connectivity index (χ1v) is 6.55. The maximum Gasteiger partial charge on any atom is 0.329 e. The molecule has 9 heteroatoms. The van der Waals surface area contributed by atoms with Gasteiger partial charge < -0.3 is 10.3 Å². The smallest absolute Gasteiger partial charge is 0.329 e. The summed E-state index contributed by atoms with van der Waals surface area (Å²) in [5.41, 5.74) is 4.69. The second-order valence-corrected chi connectivity index (χ2v) is 4.83. The van der Waals surface area contributed by atoms with E-state index in [0.29, 0.717) is 22.9 Å². The molecule has 1 amide bonds. The van der Waals surface area contributed by atoms with Gasteiger partial charge >= 0.3 is 5.69 Å². The minimum absolute atomic E-state index is 0.0647. The van der Waals surface area contributed by atoms with Crippen LogP contribution in [0.1, 0.15) is 6.92 Å². The molecule has 0 radical (unpaired) electrons. The number of fused-ring (bicyclic) bond motifs is 1. The van der Waals surface area contributed by atoms with Crippen LogP contribution in [-0.2, 0) is 18.4 Å². The number of primary amides is 1. The molecular formula is C10H13N5O3S. The van der Waals surface area contributed by atoms with E-state index in [4.69, 9.17) is 5.73 Å². The van der Waals surface area contributed by atoms with E-state index >= 15 is 0 Å². The summed E-state index contributed by atoms with van der Waals surface area (Å²) < 4.78 is 2.92. The molecule has 0 aliphatic carbocycles. The van der Waals surface area contributed by atoms with Crippen molar-refractivity contribution in [2.75, 3.05) is 5.75 Å². The van der Waals surface area contributed by atoms with Gasteiger partial charge in [0, 0.05) is 13.6 Å². The summed E-state index contributed by atoms with van der Waals surface area (Å²) >= 11 is 1.14. The standard InChI is InChI=1S/C10H13N5O3S/c1-3-15-6-7(12-10(15)19-4-5(11)16)14(2)9(18)13-8(6)17/h3-4H2,1-2H3,(H2,11,16)(H,13,17,18). The molecule has 0 aliphatic heterocycles. The molecule has 2 aromatic heterocycles. The number of hydrogen-bond acceptors (Lipinski definition) is 5. The summed E-state index contributed by atoms with van der Waals surface area (Å²) in [6.07, 6.45) is 0. The molecule has 2 rings (SSSR count). The molecule has 0 aromatic carbocycles. The Labute approximate surface area is 111 Å². The van der Waals surface area contributed by atoms with Crippen LogP contribution in [0.4, 0.5) is 0 Å². The quantitative estimate of drug-likeness (QED) is 0.700. The van der Waals surface area contributed by atoms with Gasteiger partial charge in [0.25, 0.3) is 5.56 Å². The summed E-state index contributed by atoms with van der Waals surface area (Å²) in [5.74, 6) is -0.405. The van der Waals surface area contributed by atoms with Gasteiger partial charge in [-0.2, -0.15) is 0 Å². The molecule has 0 saturated heterocycles. The number of carbonyl (C=O) groups excluding carboxylic acids is 1. The molecule has 3 N–H and O–H groups in total. The monoisotopic (exact) mass is 283 g/mol. The van der Waals surface area contributed by atoms with E-state index in [0.717, 1.165) is 11.8 Å². The maximum absolute atomic E-state index is 11.9. The Morgan fingerprint density at radius 1 is 1.47 bits per heavy atom. The summed E-state index contributed by atoms with van der Waals surface area (Å²) in [4.78, 5) is 40.6. The van der Waals surface area contributed by atoms with Gasteiger partial charge in [-0.15, -0.1) is 0 Å². The number of nitrogens with zero attached hydrogens (tertiary/aromatic N) is 3. The Balaban J connectivity index is 2.70. The summed E-state index contributed by atoms with van der Waals surface area (Å²) in [6, 6.07) is 0. The average molecular weight is 283 g/mol. The first-order valence-electron chi connectivity index (χ1n) is 5.56. The average Bonchev–Trinajstić information content (AvgIpc) is 2.72. The fraction of sp³-hybridized carbons (Fsp3) is 0.400. The van der Waals surface area contributed by atoms with Crippen molar-refractivity contribution in [2.45, 2.75) is 18.6 Å². The van der Waals surface area contributed by atoms with Crippen LogP contribution < -0.4 is 17.0 Å². The van der Waals surface area contributed by atoms with Crippen LogP contribution in [0.25, 0.3) is 11.2 Å². The topological polar surface area (TPSA) is 116 Å². The lowest BCUT2D eigenvalue weighted by atomic mass is 10.5. The van der Waals surface area contributed by atoms with Gasteiger partial charge in [-0.3, -0.25) is 19.1 Å². The van der Waals surface area contributed by atoms with Crippen molar-refractivity contribution in [2.24, 2.45) is 12.8 Å². The van der Waals surface area contributed by atoms with Gasteiger partial charge in [-0.1, -0.05) is 11.8 Å². The normalized spacial score (nSPS) is 11.1. The molecule has 8 nitrogen and oxygen atoms in total. The van der Waals surface area contributed by atoms with E-state index in [1.54, 1.807) is 4.57 Å². The van der Waals surface area contributed by atoms with E-state index in [2.05, 4.69) is 9.97 Å². The third kappa shape index (κ3) is 2.28. The SMILES string of the molecule is CCn1c(SCC(N)=O)nc2c1c(=O)[nH]c(=O)n2C. The van der Waals surface area contributed by atoms with Gasteiger partial charge in [0.15, 0.2) is 16.3 Å². The van der Waals surface area contributed by atoms with Crippen molar-refractivity contribution >= 4 is 28.8 Å². The number of nitrogens with two attached hydrogens (primary N) is 1. The highest BCUT2D eigenvalue weighted by atomic mass is 32.2. The van der Waals surface area contributed by atoms with Gasteiger partial charge in [0.2, 0.25) is 5.91 Å². The molecule has 19 heavy (non-hydrogen) atoms. The lowest BCUT2D eigenvalue weighted by molar-refractivity contribution is -0.115. The van der Waals surface area contributed by atoms with Gasteiger partial charge in [-0.05, 0) is 6.92 Å². The maximum atomic E-state index is 11.9.